The number of amides is 2. The number of carbonyl (C=O) groups excluding carboxylic acids is 2. The number of benzene rings is 2. The minimum Gasteiger partial charge on any atom is -0.350 e. The number of nitrogens with zero attached hydrogens (tertiary/aromatic N) is 2. The first-order valence-electron chi connectivity index (χ1n) is 8.09. The predicted molar refractivity (Wildman–Crippen MR) is 97.1 cm³/mol. The van der Waals surface area contributed by atoms with Crippen molar-refractivity contribution < 1.29 is 14.5 Å². The van der Waals surface area contributed by atoms with Gasteiger partial charge in [0, 0.05) is 23.9 Å². The lowest BCUT2D eigenvalue weighted by molar-refractivity contribution is -0.384. The monoisotopic (exact) mass is 351 g/mol. The van der Waals surface area contributed by atoms with Crippen LogP contribution in [0.15, 0.2) is 60.3 Å². The number of carbonyl (C=O) groups is 2. The molecule has 7 heteroatoms. The van der Waals surface area contributed by atoms with E-state index in [1.54, 1.807) is 26.0 Å². The average molecular weight is 351 g/mol. The minimum absolute atomic E-state index is 0.0793. The van der Waals surface area contributed by atoms with Crippen LogP contribution in [0, 0.1) is 10.1 Å². The van der Waals surface area contributed by atoms with Crippen molar-refractivity contribution in [2.45, 2.75) is 19.9 Å². The highest BCUT2D eigenvalue weighted by Crippen LogP contribution is 2.32. The van der Waals surface area contributed by atoms with E-state index in [0.29, 0.717) is 11.3 Å². The van der Waals surface area contributed by atoms with E-state index in [1.165, 1.54) is 29.2 Å². The smallest absolute Gasteiger partial charge is 0.278 e. The minimum atomic E-state index is -0.511. The fraction of sp³-hybridized carbons (Fsp3) is 0.158. The van der Waals surface area contributed by atoms with Crippen LogP contribution < -0.4 is 5.32 Å². The number of nitro groups is 1. The van der Waals surface area contributed by atoms with Crippen LogP contribution in [0.25, 0.3) is 5.57 Å². The summed E-state index contributed by atoms with van der Waals surface area (Å²) in [4.78, 5) is 37.2. The Bertz CT molecular complexity index is 902. The molecule has 0 saturated carbocycles. The van der Waals surface area contributed by atoms with E-state index in [-0.39, 0.29) is 23.0 Å². The molecule has 0 radical (unpaired) electrons. The second-order valence-electron chi connectivity index (χ2n) is 6.12. The molecule has 26 heavy (non-hydrogen) atoms. The van der Waals surface area contributed by atoms with Gasteiger partial charge in [0.1, 0.15) is 5.70 Å². The standard InChI is InChI=1S/C19H17N3O4/c1-12(2)21-18(23)16(13-8-10-15(11-9-13)22(25)26)17(19(21)24)20-14-6-4-3-5-7-14/h3-12,20H,1-2H3. The first-order valence-corrected chi connectivity index (χ1v) is 8.09. The van der Waals surface area contributed by atoms with Crippen LogP contribution in [0.3, 0.4) is 0 Å². The van der Waals surface area contributed by atoms with E-state index in [1.807, 2.05) is 18.2 Å². The Labute approximate surface area is 150 Å². The van der Waals surface area contributed by atoms with Gasteiger partial charge in [0.05, 0.1) is 10.5 Å². The molecule has 0 fully saturated rings. The zero-order valence-electron chi connectivity index (χ0n) is 14.3. The van der Waals surface area contributed by atoms with Crippen LogP contribution in [0.1, 0.15) is 19.4 Å². The van der Waals surface area contributed by atoms with E-state index in [2.05, 4.69) is 5.32 Å². The molecule has 0 bridgehead atoms. The highest BCUT2D eigenvalue weighted by molar-refractivity contribution is 6.36. The fourth-order valence-corrected chi connectivity index (χ4v) is 2.82. The van der Waals surface area contributed by atoms with Crippen molar-refractivity contribution in [1.29, 1.82) is 0 Å². The number of nitro benzene ring substituents is 1. The lowest BCUT2D eigenvalue weighted by Gasteiger charge is -2.19. The summed E-state index contributed by atoms with van der Waals surface area (Å²) in [5, 5.41) is 13.9. The molecule has 0 atom stereocenters. The second-order valence-corrected chi connectivity index (χ2v) is 6.12. The highest BCUT2D eigenvalue weighted by Gasteiger charge is 2.40. The van der Waals surface area contributed by atoms with Gasteiger partial charge in [0.15, 0.2) is 0 Å². The van der Waals surface area contributed by atoms with E-state index < -0.39 is 16.7 Å². The SMILES string of the molecule is CC(C)N1C(=O)C(Nc2ccccc2)=C(c2ccc([N+](=O)[O-])cc2)C1=O. The van der Waals surface area contributed by atoms with Gasteiger partial charge >= 0.3 is 0 Å². The van der Waals surface area contributed by atoms with Crippen molar-refractivity contribution in [3.8, 4) is 0 Å². The number of imide groups is 1. The van der Waals surface area contributed by atoms with Gasteiger partial charge in [-0.25, -0.2) is 0 Å². The zero-order valence-corrected chi connectivity index (χ0v) is 14.3. The Morgan fingerprint density at radius 3 is 2.12 bits per heavy atom. The van der Waals surface area contributed by atoms with Crippen molar-refractivity contribution in [2.75, 3.05) is 5.32 Å². The molecule has 0 unspecified atom stereocenters. The molecule has 1 N–H and O–H groups in total. The third-order valence-electron chi connectivity index (χ3n) is 4.04. The number of hydrogen-bond donors (Lipinski definition) is 1. The van der Waals surface area contributed by atoms with Crippen LogP contribution in [0.2, 0.25) is 0 Å². The molecule has 0 saturated heterocycles. The van der Waals surface area contributed by atoms with Crippen molar-refractivity contribution in [3.05, 3.63) is 76.0 Å². The maximum absolute atomic E-state index is 12.9. The van der Waals surface area contributed by atoms with Crippen molar-refractivity contribution in [2.24, 2.45) is 0 Å². The lowest BCUT2D eigenvalue weighted by Crippen LogP contribution is -2.38. The van der Waals surface area contributed by atoms with Gasteiger partial charge in [0.25, 0.3) is 17.5 Å². The third kappa shape index (κ3) is 3.06. The van der Waals surface area contributed by atoms with Gasteiger partial charge in [-0.15, -0.1) is 0 Å². The van der Waals surface area contributed by atoms with E-state index in [4.69, 9.17) is 0 Å². The summed E-state index contributed by atoms with van der Waals surface area (Å²) in [7, 11) is 0. The van der Waals surface area contributed by atoms with Gasteiger partial charge < -0.3 is 5.32 Å². The zero-order chi connectivity index (χ0) is 18.8. The number of non-ortho nitro benzene ring substituents is 1. The Morgan fingerprint density at radius 1 is 0.962 bits per heavy atom. The molecule has 2 aromatic rings. The number of para-hydroxylation sites is 1. The normalized spacial score (nSPS) is 14.3. The summed E-state index contributed by atoms with van der Waals surface area (Å²) in [6.07, 6.45) is 0. The molecule has 7 nitrogen and oxygen atoms in total. The Balaban J connectivity index is 2.09. The lowest BCUT2D eigenvalue weighted by atomic mass is 10.0. The molecular weight excluding hydrogens is 334 g/mol. The van der Waals surface area contributed by atoms with Gasteiger partial charge in [-0.05, 0) is 43.7 Å². The number of hydrogen-bond acceptors (Lipinski definition) is 5. The molecule has 2 aromatic carbocycles. The quantitative estimate of drug-likeness (QED) is 0.507. The Morgan fingerprint density at radius 2 is 1.58 bits per heavy atom. The summed E-state index contributed by atoms with van der Waals surface area (Å²) < 4.78 is 0. The molecule has 0 aromatic heterocycles. The van der Waals surface area contributed by atoms with E-state index >= 15 is 0 Å². The number of nitrogens with one attached hydrogen (secondary N) is 1. The first-order chi connectivity index (χ1) is 12.4. The average Bonchev–Trinajstić information content (AvgIpc) is 2.86. The van der Waals surface area contributed by atoms with Gasteiger partial charge in [-0.1, -0.05) is 18.2 Å². The molecule has 0 spiro atoms. The highest BCUT2D eigenvalue weighted by atomic mass is 16.6. The second kappa shape index (κ2) is 6.79. The third-order valence-corrected chi connectivity index (χ3v) is 4.04. The van der Waals surface area contributed by atoms with Gasteiger partial charge in [-0.2, -0.15) is 0 Å². The Kier molecular flexibility index (Phi) is 4.53. The van der Waals surface area contributed by atoms with Crippen LogP contribution >= 0.6 is 0 Å². The van der Waals surface area contributed by atoms with Crippen molar-refractivity contribution >= 4 is 28.8 Å². The van der Waals surface area contributed by atoms with Crippen LogP contribution in [0.4, 0.5) is 11.4 Å². The van der Waals surface area contributed by atoms with E-state index in [9.17, 15) is 19.7 Å². The summed E-state index contributed by atoms with van der Waals surface area (Å²) in [5.41, 5.74) is 1.43. The largest absolute Gasteiger partial charge is 0.350 e. The molecule has 0 aliphatic carbocycles. The fourth-order valence-electron chi connectivity index (χ4n) is 2.82. The molecule has 3 rings (SSSR count). The number of anilines is 1. The molecular formula is C19H17N3O4. The topological polar surface area (TPSA) is 92.6 Å². The Hall–Kier alpha value is -3.48. The van der Waals surface area contributed by atoms with Crippen molar-refractivity contribution in [3.63, 3.8) is 0 Å². The van der Waals surface area contributed by atoms with Crippen molar-refractivity contribution in [1.82, 2.24) is 4.90 Å². The molecule has 132 valence electrons. The molecule has 1 heterocycles. The number of rotatable bonds is 5. The molecule has 1 aliphatic rings. The van der Waals surface area contributed by atoms with Crippen LogP contribution in [0.5, 0.6) is 0 Å². The maximum Gasteiger partial charge on any atom is 0.278 e. The first kappa shape index (κ1) is 17.3. The summed E-state index contributed by atoms with van der Waals surface area (Å²) in [6, 6.07) is 14.3. The van der Waals surface area contributed by atoms with Crippen LogP contribution in [-0.4, -0.2) is 27.7 Å². The molecule has 1 aliphatic heterocycles. The van der Waals surface area contributed by atoms with Gasteiger partial charge in [0.2, 0.25) is 0 Å². The predicted octanol–water partition coefficient (Wildman–Crippen LogP) is 3.20. The van der Waals surface area contributed by atoms with E-state index in [0.717, 1.165) is 0 Å². The summed E-state index contributed by atoms with van der Waals surface area (Å²) in [6.45, 7) is 3.52. The maximum atomic E-state index is 12.9. The van der Waals surface area contributed by atoms with Crippen LogP contribution in [-0.2, 0) is 9.59 Å². The summed E-state index contributed by atoms with van der Waals surface area (Å²) >= 11 is 0. The molecule has 2 amide bonds. The summed E-state index contributed by atoms with van der Waals surface area (Å²) in [5.74, 6) is -0.834. The van der Waals surface area contributed by atoms with Gasteiger partial charge in [-0.3, -0.25) is 24.6 Å².